The molecular formula is C6H16Cl2N2Ti. The Hall–Kier alpha value is 1.21. The summed E-state index contributed by atoms with van der Waals surface area (Å²) in [5, 5.41) is 0. The van der Waals surface area contributed by atoms with Crippen LogP contribution in [0.25, 0.3) is 0 Å². The molecule has 0 amide bonds. The normalized spacial score (nSPS) is 8.55. The van der Waals surface area contributed by atoms with Crippen LogP contribution >= 0.6 is 0 Å². The van der Waals surface area contributed by atoms with Crippen LogP contribution in [0.3, 0.4) is 0 Å². The number of hydrogen-bond acceptors (Lipinski definition) is 2. The maximum atomic E-state index is 2.41. The molecule has 0 aromatic carbocycles. The van der Waals surface area contributed by atoms with E-state index in [0.717, 1.165) is 0 Å². The Bertz CT molecular complexity index is 67.6. The first-order valence-electron chi connectivity index (χ1n) is 3.39. The van der Waals surface area contributed by atoms with Gasteiger partial charge in [0.05, 0.1) is 0 Å². The SMILES string of the molecule is CC[N](C)[Ti+2][N](C)CC.[Cl-].[Cl-]. The third-order valence-electron chi connectivity index (χ3n) is 1.29. The van der Waals surface area contributed by atoms with Gasteiger partial charge in [0, 0.05) is 0 Å². The molecule has 5 heteroatoms. The quantitative estimate of drug-likeness (QED) is 0.449. The van der Waals surface area contributed by atoms with Crippen LogP contribution in [-0.4, -0.2) is 33.9 Å². The summed E-state index contributed by atoms with van der Waals surface area (Å²) in [5.74, 6) is 0. The first-order chi connectivity index (χ1) is 4.20. The maximum Gasteiger partial charge on any atom is -1.00 e. The van der Waals surface area contributed by atoms with Crippen molar-refractivity contribution in [1.82, 2.24) is 6.76 Å². The molecule has 2 nitrogen and oxygen atoms in total. The van der Waals surface area contributed by atoms with E-state index in [1.165, 1.54) is 13.1 Å². The third-order valence-corrected chi connectivity index (χ3v) is 3.34. The minimum Gasteiger partial charge on any atom is -1.00 e. The van der Waals surface area contributed by atoms with Gasteiger partial charge in [-0.05, 0) is 0 Å². The topological polar surface area (TPSA) is 6.48 Å². The van der Waals surface area contributed by atoms with Crippen LogP contribution in [0, 0.1) is 0 Å². The van der Waals surface area contributed by atoms with Gasteiger partial charge in [0.15, 0.2) is 0 Å². The maximum absolute atomic E-state index is 2.41. The van der Waals surface area contributed by atoms with Gasteiger partial charge >= 0.3 is 67.5 Å². The molecule has 0 fully saturated rings. The van der Waals surface area contributed by atoms with Gasteiger partial charge in [-0.3, -0.25) is 0 Å². The van der Waals surface area contributed by atoms with Crippen molar-refractivity contribution >= 4 is 0 Å². The summed E-state index contributed by atoms with van der Waals surface area (Å²) in [7, 11) is 4.37. The second kappa shape index (κ2) is 11.2. The molecule has 0 aliphatic rings. The van der Waals surface area contributed by atoms with Crippen LogP contribution in [-0.2, 0) is 19.7 Å². The Balaban J connectivity index is -0.000000320. The number of rotatable bonds is 4. The largest absolute Gasteiger partial charge is 1.00 e. The fourth-order valence-corrected chi connectivity index (χ4v) is 1.78. The minimum atomic E-state index is 0. The van der Waals surface area contributed by atoms with Crippen molar-refractivity contribution in [1.29, 1.82) is 0 Å². The van der Waals surface area contributed by atoms with E-state index in [0.29, 0.717) is 0 Å². The zero-order chi connectivity index (χ0) is 7.28. The molecule has 0 N–H and O–H groups in total. The molecule has 0 unspecified atom stereocenters. The average Bonchev–Trinajstić information content (AvgIpc) is 1.87. The van der Waals surface area contributed by atoms with Crippen LogP contribution in [0.4, 0.5) is 0 Å². The van der Waals surface area contributed by atoms with Crippen molar-refractivity contribution in [2.24, 2.45) is 0 Å². The van der Waals surface area contributed by atoms with Crippen molar-refractivity contribution in [3.63, 3.8) is 0 Å². The second-order valence-corrected chi connectivity index (χ2v) is 4.82. The predicted octanol–water partition coefficient (Wildman–Crippen LogP) is -5.19. The van der Waals surface area contributed by atoms with Gasteiger partial charge in [-0.1, -0.05) is 0 Å². The Labute approximate surface area is 92.1 Å². The minimum absolute atomic E-state index is 0. The summed E-state index contributed by atoms with van der Waals surface area (Å²) in [6.07, 6.45) is 0. The van der Waals surface area contributed by atoms with Crippen molar-refractivity contribution in [2.45, 2.75) is 13.8 Å². The number of halogens is 2. The molecular weight excluding hydrogens is 219 g/mol. The van der Waals surface area contributed by atoms with Gasteiger partial charge < -0.3 is 24.8 Å². The predicted molar refractivity (Wildman–Crippen MR) is 36.6 cm³/mol. The van der Waals surface area contributed by atoms with Crippen LogP contribution in [0.2, 0.25) is 0 Å². The van der Waals surface area contributed by atoms with Crippen LogP contribution < -0.4 is 24.8 Å². The molecule has 0 aliphatic heterocycles. The molecule has 0 spiro atoms. The fraction of sp³-hybridized carbons (Fsp3) is 1.00. The van der Waals surface area contributed by atoms with E-state index in [2.05, 4.69) is 34.7 Å². The molecule has 0 heterocycles. The standard InChI is InChI=1S/2C3H8N.2ClH.Ti/c2*1-3-4-2;;;/h2*3H2,1-2H3;2*1H;/q2*-1;;;+4/p-2. The van der Waals surface area contributed by atoms with Crippen LogP contribution in [0.5, 0.6) is 0 Å². The third kappa shape index (κ3) is 11.2. The summed E-state index contributed by atoms with van der Waals surface area (Å²) in [6, 6.07) is 0. The first kappa shape index (κ1) is 18.1. The first-order valence-corrected chi connectivity index (χ1v) is 4.79. The van der Waals surface area contributed by atoms with Gasteiger partial charge in [0.25, 0.3) is 0 Å². The zero-order valence-electron chi connectivity index (χ0n) is 7.56. The number of nitrogens with zero attached hydrogens (tertiary/aromatic N) is 2. The zero-order valence-corrected chi connectivity index (χ0v) is 10.6. The van der Waals surface area contributed by atoms with Gasteiger partial charge in [0.1, 0.15) is 0 Å². The number of hydrogen-bond donors (Lipinski definition) is 0. The molecule has 0 rings (SSSR count). The molecule has 0 saturated heterocycles. The molecule has 0 aromatic rings. The molecule has 0 bridgehead atoms. The molecule has 0 aliphatic carbocycles. The Kier molecular flexibility index (Phi) is 18.4. The van der Waals surface area contributed by atoms with E-state index in [1.54, 1.807) is 0 Å². The van der Waals surface area contributed by atoms with Crippen LogP contribution in [0.1, 0.15) is 13.8 Å². The van der Waals surface area contributed by atoms with Gasteiger partial charge in [-0.15, -0.1) is 0 Å². The monoisotopic (exact) mass is 234 g/mol. The molecule has 0 aromatic heterocycles. The van der Waals surface area contributed by atoms with E-state index in [-0.39, 0.29) is 44.5 Å². The molecule has 0 saturated carbocycles. The molecule has 0 atom stereocenters. The van der Waals surface area contributed by atoms with Crippen molar-refractivity contribution < 1.29 is 44.5 Å². The second-order valence-electron chi connectivity index (χ2n) is 2.13. The Morgan fingerprint density at radius 3 is 1.36 bits per heavy atom. The van der Waals surface area contributed by atoms with Crippen molar-refractivity contribution in [3.05, 3.63) is 0 Å². The molecule has 68 valence electrons. The van der Waals surface area contributed by atoms with Gasteiger partial charge in [-0.25, -0.2) is 0 Å². The van der Waals surface area contributed by atoms with Gasteiger partial charge in [-0.2, -0.15) is 0 Å². The molecule has 11 heavy (non-hydrogen) atoms. The van der Waals surface area contributed by atoms with Crippen LogP contribution in [0.15, 0.2) is 0 Å². The summed E-state index contributed by atoms with van der Waals surface area (Å²) in [4.78, 5) is 0. The Morgan fingerprint density at radius 2 is 1.18 bits per heavy atom. The average molecular weight is 235 g/mol. The van der Waals surface area contributed by atoms with Crippen molar-refractivity contribution in [3.8, 4) is 0 Å². The summed E-state index contributed by atoms with van der Waals surface area (Å²) >= 11 is 0.0417. The summed E-state index contributed by atoms with van der Waals surface area (Å²) in [5.41, 5.74) is 0. The summed E-state index contributed by atoms with van der Waals surface area (Å²) < 4.78 is 4.81. The van der Waals surface area contributed by atoms with Gasteiger partial charge in [0.2, 0.25) is 0 Å². The van der Waals surface area contributed by atoms with E-state index >= 15 is 0 Å². The van der Waals surface area contributed by atoms with E-state index in [1.807, 2.05) is 0 Å². The van der Waals surface area contributed by atoms with E-state index in [9.17, 15) is 0 Å². The van der Waals surface area contributed by atoms with E-state index < -0.39 is 0 Å². The summed E-state index contributed by atoms with van der Waals surface area (Å²) in [6.45, 7) is 6.77. The smallest absolute Gasteiger partial charge is 1.00 e. The fourth-order valence-electron chi connectivity index (χ4n) is 0.433. The van der Waals surface area contributed by atoms with E-state index in [4.69, 9.17) is 0 Å². The molecule has 0 radical (unpaired) electrons. The Morgan fingerprint density at radius 1 is 0.909 bits per heavy atom. The van der Waals surface area contributed by atoms with Crippen molar-refractivity contribution in [2.75, 3.05) is 27.2 Å².